The van der Waals surface area contributed by atoms with Crippen molar-refractivity contribution in [1.29, 1.82) is 0 Å². The maximum atomic E-state index is 5.81. The fourth-order valence-electron chi connectivity index (χ4n) is 0.965. The van der Waals surface area contributed by atoms with Gasteiger partial charge >= 0.3 is 0 Å². The number of halogens is 1. The van der Waals surface area contributed by atoms with Gasteiger partial charge in [-0.05, 0) is 32.4 Å². The zero-order valence-corrected chi connectivity index (χ0v) is 10.2. The van der Waals surface area contributed by atoms with E-state index in [-0.39, 0.29) is 5.28 Å². The molecule has 0 spiro atoms. The van der Waals surface area contributed by atoms with Crippen LogP contribution in [0.25, 0.3) is 0 Å². The van der Waals surface area contributed by atoms with E-state index in [2.05, 4.69) is 34.1 Å². The lowest BCUT2D eigenvalue weighted by molar-refractivity contribution is 0.725. The fourth-order valence-corrected chi connectivity index (χ4v) is 1.12. The molecule has 0 unspecified atom stereocenters. The Bertz CT molecular complexity index is 328. The van der Waals surface area contributed by atoms with Crippen LogP contribution >= 0.6 is 11.6 Å². The van der Waals surface area contributed by atoms with Crippen LogP contribution in [-0.2, 0) is 0 Å². The Labute approximate surface area is 94.9 Å². The van der Waals surface area contributed by atoms with Crippen molar-refractivity contribution in [2.75, 3.05) is 23.8 Å². The molecular weight excluding hydrogens is 214 g/mol. The summed E-state index contributed by atoms with van der Waals surface area (Å²) in [5.74, 6) is 1.10. The third kappa shape index (κ3) is 3.20. The molecule has 15 heavy (non-hydrogen) atoms. The van der Waals surface area contributed by atoms with Crippen LogP contribution in [0.15, 0.2) is 0 Å². The Morgan fingerprint density at radius 2 is 2.00 bits per heavy atom. The van der Waals surface area contributed by atoms with Crippen molar-refractivity contribution >= 4 is 23.5 Å². The number of hydrogen-bond donors (Lipinski definition) is 1. The molecule has 5 nitrogen and oxygen atoms in total. The van der Waals surface area contributed by atoms with E-state index >= 15 is 0 Å². The van der Waals surface area contributed by atoms with Gasteiger partial charge in [0.1, 0.15) is 0 Å². The smallest absolute Gasteiger partial charge is 0.231 e. The van der Waals surface area contributed by atoms with E-state index in [1.165, 1.54) is 0 Å². The van der Waals surface area contributed by atoms with Crippen LogP contribution in [0.2, 0.25) is 5.28 Å². The molecule has 0 saturated carbocycles. The molecule has 1 rings (SSSR count). The summed E-state index contributed by atoms with van der Waals surface area (Å²) in [4.78, 5) is 14.2. The maximum absolute atomic E-state index is 5.81. The van der Waals surface area contributed by atoms with Gasteiger partial charge in [0.05, 0.1) is 0 Å². The SMILES string of the molecule is CCNc1nc(Cl)nc(N(C)C(C)C)n1. The zero-order chi connectivity index (χ0) is 11.4. The van der Waals surface area contributed by atoms with E-state index in [4.69, 9.17) is 11.6 Å². The normalized spacial score (nSPS) is 10.5. The minimum atomic E-state index is 0.212. The predicted molar refractivity (Wildman–Crippen MR) is 62.5 cm³/mol. The Morgan fingerprint density at radius 3 is 2.53 bits per heavy atom. The summed E-state index contributed by atoms with van der Waals surface area (Å²) in [5, 5.41) is 3.22. The maximum Gasteiger partial charge on any atom is 0.231 e. The van der Waals surface area contributed by atoms with Crippen molar-refractivity contribution < 1.29 is 0 Å². The van der Waals surface area contributed by atoms with Gasteiger partial charge in [0, 0.05) is 19.6 Å². The van der Waals surface area contributed by atoms with Gasteiger partial charge in [-0.15, -0.1) is 0 Å². The van der Waals surface area contributed by atoms with E-state index < -0.39 is 0 Å². The largest absolute Gasteiger partial charge is 0.354 e. The summed E-state index contributed by atoms with van der Waals surface area (Å²) >= 11 is 5.81. The molecule has 0 atom stereocenters. The van der Waals surface area contributed by atoms with Crippen molar-refractivity contribution in [3.8, 4) is 0 Å². The quantitative estimate of drug-likeness (QED) is 0.854. The summed E-state index contributed by atoms with van der Waals surface area (Å²) in [5.41, 5.74) is 0. The highest BCUT2D eigenvalue weighted by Crippen LogP contribution is 2.14. The van der Waals surface area contributed by atoms with Crippen LogP contribution in [0.1, 0.15) is 20.8 Å². The van der Waals surface area contributed by atoms with Crippen molar-refractivity contribution in [2.45, 2.75) is 26.8 Å². The number of nitrogens with zero attached hydrogens (tertiary/aromatic N) is 4. The number of hydrogen-bond acceptors (Lipinski definition) is 5. The van der Waals surface area contributed by atoms with E-state index in [1.54, 1.807) is 0 Å². The molecule has 84 valence electrons. The molecule has 0 bridgehead atoms. The Balaban J connectivity index is 2.97. The summed E-state index contributed by atoms with van der Waals surface area (Å²) in [6, 6.07) is 0.318. The van der Waals surface area contributed by atoms with Gasteiger partial charge < -0.3 is 10.2 Å². The first-order valence-corrected chi connectivity index (χ1v) is 5.30. The Hall–Kier alpha value is -1.10. The minimum Gasteiger partial charge on any atom is -0.354 e. The molecule has 6 heteroatoms. The van der Waals surface area contributed by atoms with Crippen molar-refractivity contribution in [1.82, 2.24) is 15.0 Å². The third-order valence-electron chi connectivity index (χ3n) is 2.02. The van der Waals surface area contributed by atoms with Gasteiger partial charge in [-0.3, -0.25) is 0 Å². The van der Waals surface area contributed by atoms with Crippen LogP contribution in [-0.4, -0.2) is 34.6 Å². The molecule has 1 N–H and O–H groups in total. The molecule has 0 aromatic carbocycles. The summed E-state index contributed by atoms with van der Waals surface area (Å²) in [6.45, 7) is 6.85. The van der Waals surface area contributed by atoms with E-state index in [9.17, 15) is 0 Å². The number of aromatic nitrogens is 3. The van der Waals surface area contributed by atoms with E-state index in [0.717, 1.165) is 6.54 Å². The summed E-state index contributed by atoms with van der Waals surface area (Å²) in [6.07, 6.45) is 0. The third-order valence-corrected chi connectivity index (χ3v) is 2.19. The molecule has 0 amide bonds. The molecule has 1 heterocycles. The molecule has 0 aliphatic carbocycles. The van der Waals surface area contributed by atoms with Gasteiger partial charge in [-0.2, -0.15) is 15.0 Å². The molecule has 0 radical (unpaired) electrons. The van der Waals surface area contributed by atoms with Crippen LogP contribution < -0.4 is 10.2 Å². The standard InChI is InChI=1S/C9H16ClN5/c1-5-11-8-12-7(10)13-9(14-8)15(4)6(2)3/h6H,5H2,1-4H3,(H,11,12,13,14). The van der Waals surface area contributed by atoms with E-state index in [1.807, 2.05) is 18.9 Å². The van der Waals surface area contributed by atoms with Crippen LogP contribution in [0.4, 0.5) is 11.9 Å². The molecule has 0 saturated heterocycles. The van der Waals surface area contributed by atoms with Gasteiger partial charge in [0.15, 0.2) is 0 Å². The van der Waals surface area contributed by atoms with Crippen molar-refractivity contribution in [2.24, 2.45) is 0 Å². The fraction of sp³-hybridized carbons (Fsp3) is 0.667. The van der Waals surface area contributed by atoms with Gasteiger partial charge in [-0.1, -0.05) is 0 Å². The molecular formula is C9H16ClN5. The van der Waals surface area contributed by atoms with E-state index in [0.29, 0.717) is 17.9 Å². The predicted octanol–water partition coefficient (Wildman–Crippen LogP) is 1.80. The lowest BCUT2D eigenvalue weighted by atomic mass is 10.4. The second kappa shape index (κ2) is 5.11. The summed E-state index contributed by atoms with van der Waals surface area (Å²) < 4.78 is 0. The highest BCUT2D eigenvalue weighted by molar-refractivity contribution is 6.28. The zero-order valence-electron chi connectivity index (χ0n) is 9.45. The second-order valence-corrected chi connectivity index (χ2v) is 3.80. The second-order valence-electron chi connectivity index (χ2n) is 3.46. The molecule has 0 aliphatic heterocycles. The van der Waals surface area contributed by atoms with Crippen LogP contribution in [0.3, 0.4) is 0 Å². The first-order chi connectivity index (χ1) is 7.04. The Morgan fingerprint density at radius 1 is 1.33 bits per heavy atom. The van der Waals surface area contributed by atoms with Crippen LogP contribution in [0, 0.1) is 0 Å². The van der Waals surface area contributed by atoms with Crippen molar-refractivity contribution in [3.05, 3.63) is 5.28 Å². The van der Waals surface area contributed by atoms with Crippen molar-refractivity contribution in [3.63, 3.8) is 0 Å². The molecule has 0 fully saturated rings. The number of rotatable bonds is 4. The number of anilines is 2. The lowest BCUT2D eigenvalue weighted by Crippen LogP contribution is -2.28. The van der Waals surface area contributed by atoms with Gasteiger partial charge in [0.2, 0.25) is 17.2 Å². The molecule has 1 aromatic rings. The van der Waals surface area contributed by atoms with Crippen LogP contribution in [0.5, 0.6) is 0 Å². The highest BCUT2D eigenvalue weighted by atomic mass is 35.5. The molecule has 0 aliphatic rings. The average molecular weight is 230 g/mol. The average Bonchev–Trinajstić information content (AvgIpc) is 2.16. The minimum absolute atomic E-state index is 0.212. The molecule has 1 aromatic heterocycles. The summed E-state index contributed by atoms with van der Waals surface area (Å²) in [7, 11) is 1.92. The Kier molecular flexibility index (Phi) is 4.08. The number of nitrogens with one attached hydrogen (secondary N) is 1. The first-order valence-electron chi connectivity index (χ1n) is 4.93. The van der Waals surface area contributed by atoms with Gasteiger partial charge in [-0.25, -0.2) is 0 Å². The lowest BCUT2D eigenvalue weighted by Gasteiger charge is -2.21. The van der Waals surface area contributed by atoms with Gasteiger partial charge in [0.25, 0.3) is 0 Å². The highest BCUT2D eigenvalue weighted by Gasteiger charge is 2.11. The monoisotopic (exact) mass is 229 g/mol. The topological polar surface area (TPSA) is 53.9 Å². The first kappa shape index (κ1) is 12.0.